The third kappa shape index (κ3) is 3.51. The molecule has 18 heavy (non-hydrogen) atoms. The number of nitrogens with zero attached hydrogens (tertiary/aromatic N) is 1. The van der Waals surface area contributed by atoms with Crippen LogP contribution in [0.15, 0.2) is 27.7 Å². The van der Waals surface area contributed by atoms with Crippen LogP contribution in [0.25, 0.3) is 0 Å². The maximum Gasteiger partial charge on any atom is 0.161 e. The van der Waals surface area contributed by atoms with Crippen LogP contribution in [0.1, 0.15) is 25.8 Å². The van der Waals surface area contributed by atoms with E-state index in [1.54, 1.807) is 0 Å². The van der Waals surface area contributed by atoms with E-state index in [0.717, 1.165) is 21.1 Å². The van der Waals surface area contributed by atoms with Crippen molar-refractivity contribution in [2.75, 3.05) is 11.1 Å². The number of benzene rings is 1. The fourth-order valence-corrected chi connectivity index (χ4v) is 3.45. The molecule has 1 aliphatic heterocycles. The molecular formula is C14H19BrN2S. The SMILES string of the molecule is Cc1ccc(NC2=NC(C(C)C)CCS2)c(Br)c1. The van der Waals surface area contributed by atoms with Gasteiger partial charge in [0.2, 0.25) is 0 Å². The van der Waals surface area contributed by atoms with Gasteiger partial charge >= 0.3 is 0 Å². The molecule has 1 aromatic rings. The van der Waals surface area contributed by atoms with Gasteiger partial charge in [-0.2, -0.15) is 0 Å². The number of amidine groups is 1. The van der Waals surface area contributed by atoms with Gasteiger partial charge in [0.1, 0.15) is 0 Å². The van der Waals surface area contributed by atoms with Gasteiger partial charge in [-0.25, -0.2) is 0 Å². The summed E-state index contributed by atoms with van der Waals surface area (Å²) in [7, 11) is 0. The lowest BCUT2D eigenvalue weighted by Gasteiger charge is -2.23. The van der Waals surface area contributed by atoms with Gasteiger partial charge in [-0.15, -0.1) is 0 Å². The number of anilines is 1. The highest BCUT2D eigenvalue weighted by Gasteiger charge is 2.18. The molecule has 1 atom stereocenters. The Hall–Kier alpha value is -0.480. The first-order valence-electron chi connectivity index (χ1n) is 6.30. The molecule has 0 fully saturated rings. The topological polar surface area (TPSA) is 24.4 Å². The summed E-state index contributed by atoms with van der Waals surface area (Å²) in [5.41, 5.74) is 2.35. The minimum absolute atomic E-state index is 0.456. The minimum atomic E-state index is 0.456. The van der Waals surface area contributed by atoms with Gasteiger partial charge in [0, 0.05) is 10.2 Å². The van der Waals surface area contributed by atoms with Crippen molar-refractivity contribution < 1.29 is 0 Å². The van der Waals surface area contributed by atoms with E-state index in [0.29, 0.717) is 12.0 Å². The lowest BCUT2D eigenvalue weighted by atomic mass is 10.0. The summed E-state index contributed by atoms with van der Waals surface area (Å²) in [4.78, 5) is 4.79. The molecule has 0 spiro atoms. The maximum absolute atomic E-state index is 4.79. The smallest absolute Gasteiger partial charge is 0.161 e. The number of halogens is 1. The van der Waals surface area contributed by atoms with Crippen LogP contribution in [0.3, 0.4) is 0 Å². The van der Waals surface area contributed by atoms with Gasteiger partial charge < -0.3 is 5.32 Å². The van der Waals surface area contributed by atoms with Crippen LogP contribution in [-0.4, -0.2) is 17.0 Å². The molecule has 1 heterocycles. The summed E-state index contributed by atoms with van der Waals surface area (Å²) in [5, 5.41) is 4.47. The van der Waals surface area contributed by atoms with Crippen LogP contribution in [0.2, 0.25) is 0 Å². The molecule has 0 aliphatic carbocycles. The van der Waals surface area contributed by atoms with E-state index in [4.69, 9.17) is 4.99 Å². The molecule has 4 heteroatoms. The Labute approximate surface area is 122 Å². The molecule has 0 amide bonds. The van der Waals surface area contributed by atoms with Crippen molar-refractivity contribution in [3.63, 3.8) is 0 Å². The van der Waals surface area contributed by atoms with Crippen molar-refractivity contribution in [3.05, 3.63) is 28.2 Å². The Balaban J connectivity index is 2.13. The van der Waals surface area contributed by atoms with E-state index in [1.165, 1.54) is 12.0 Å². The monoisotopic (exact) mass is 326 g/mol. The van der Waals surface area contributed by atoms with Gasteiger partial charge in [0.15, 0.2) is 5.17 Å². The molecule has 1 N–H and O–H groups in total. The number of rotatable bonds is 2. The van der Waals surface area contributed by atoms with Crippen molar-refractivity contribution in [3.8, 4) is 0 Å². The molecule has 2 nitrogen and oxygen atoms in total. The summed E-state index contributed by atoms with van der Waals surface area (Å²) < 4.78 is 1.09. The maximum atomic E-state index is 4.79. The molecule has 0 radical (unpaired) electrons. The minimum Gasteiger partial charge on any atom is -0.334 e. The Bertz CT molecular complexity index is 457. The molecule has 0 aromatic heterocycles. The Kier molecular flexibility index (Phi) is 4.73. The molecule has 0 bridgehead atoms. The number of hydrogen-bond donors (Lipinski definition) is 1. The van der Waals surface area contributed by atoms with E-state index in [9.17, 15) is 0 Å². The third-order valence-corrected chi connectivity index (χ3v) is 4.65. The first kappa shape index (κ1) is 13.9. The van der Waals surface area contributed by atoms with Crippen molar-refractivity contribution in [1.29, 1.82) is 0 Å². The van der Waals surface area contributed by atoms with Crippen LogP contribution >= 0.6 is 27.7 Å². The summed E-state index contributed by atoms with van der Waals surface area (Å²) in [6.45, 7) is 6.57. The number of aliphatic imine (C=N–C) groups is 1. The zero-order valence-corrected chi connectivity index (χ0v) is 13.4. The van der Waals surface area contributed by atoms with Crippen LogP contribution in [0, 0.1) is 12.8 Å². The van der Waals surface area contributed by atoms with Gasteiger partial charge in [-0.3, -0.25) is 4.99 Å². The van der Waals surface area contributed by atoms with E-state index >= 15 is 0 Å². The highest BCUT2D eigenvalue weighted by Crippen LogP contribution is 2.27. The molecule has 0 saturated heterocycles. The Morgan fingerprint density at radius 3 is 2.89 bits per heavy atom. The van der Waals surface area contributed by atoms with Gasteiger partial charge in [0.05, 0.1) is 11.7 Å². The molecule has 1 aromatic carbocycles. The van der Waals surface area contributed by atoms with E-state index < -0.39 is 0 Å². The van der Waals surface area contributed by atoms with Crippen molar-refractivity contribution in [2.45, 2.75) is 33.2 Å². The summed E-state index contributed by atoms with van der Waals surface area (Å²) in [5.74, 6) is 1.77. The first-order valence-corrected chi connectivity index (χ1v) is 8.08. The van der Waals surface area contributed by atoms with Crippen molar-refractivity contribution >= 4 is 38.5 Å². The first-order chi connectivity index (χ1) is 8.56. The molecule has 1 unspecified atom stereocenters. The number of hydrogen-bond acceptors (Lipinski definition) is 3. The predicted molar refractivity (Wildman–Crippen MR) is 85.6 cm³/mol. The molecule has 1 aliphatic rings. The third-order valence-electron chi connectivity index (χ3n) is 3.07. The Morgan fingerprint density at radius 1 is 1.44 bits per heavy atom. The zero-order valence-electron chi connectivity index (χ0n) is 11.0. The fourth-order valence-electron chi connectivity index (χ4n) is 1.92. The highest BCUT2D eigenvalue weighted by atomic mass is 79.9. The lowest BCUT2D eigenvalue weighted by molar-refractivity contribution is 0.485. The second kappa shape index (κ2) is 6.11. The second-order valence-electron chi connectivity index (χ2n) is 4.99. The predicted octanol–water partition coefficient (Wildman–Crippen LogP) is 4.69. The average molecular weight is 327 g/mol. The van der Waals surface area contributed by atoms with Crippen LogP contribution in [0.5, 0.6) is 0 Å². The largest absolute Gasteiger partial charge is 0.334 e. The molecular weight excluding hydrogens is 308 g/mol. The van der Waals surface area contributed by atoms with Crippen LogP contribution in [0.4, 0.5) is 5.69 Å². The van der Waals surface area contributed by atoms with Crippen molar-refractivity contribution in [1.82, 2.24) is 0 Å². The molecule has 98 valence electrons. The van der Waals surface area contributed by atoms with Crippen LogP contribution < -0.4 is 5.32 Å². The summed E-state index contributed by atoms with van der Waals surface area (Å²) in [6.07, 6.45) is 1.18. The quantitative estimate of drug-likeness (QED) is 0.852. The van der Waals surface area contributed by atoms with Gasteiger partial charge in [-0.1, -0.05) is 31.7 Å². The van der Waals surface area contributed by atoms with E-state index in [1.807, 2.05) is 11.8 Å². The Morgan fingerprint density at radius 2 is 2.22 bits per heavy atom. The van der Waals surface area contributed by atoms with Crippen LogP contribution in [-0.2, 0) is 0 Å². The zero-order chi connectivity index (χ0) is 13.1. The van der Waals surface area contributed by atoms with Crippen molar-refractivity contribution in [2.24, 2.45) is 10.9 Å². The highest BCUT2D eigenvalue weighted by molar-refractivity contribution is 9.10. The second-order valence-corrected chi connectivity index (χ2v) is 6.93. The standard InChI is InChI=1S/C14H19BrN2S/c1-9(2)12-6-7-18-14(16-12)17-13-5-4-10(3)8-11(13)15/h4-5,8-9,12H,6-7H2,1-3H3,(H,16,17). The van der Waals surface area contributed by atoms with Gasteiger partial charge in [-0.05, 0) is 52.9 Å². The van der Waals surface area contributed by atoms with Gasteiger partial charge in [0.25, 0.3) is 0 Å². The summed E-state index contributed by atoms with van der Waals surface area (Å²) in [6, 6.07) is 6.79. The molecule has 0 saturated carbocycles. The number of thioether (sulfide) groups is 1. The van der Waals surface area contributed by atoms with E-state index in [-0.39, 0.29) is 0 Å². The average Bonchev–Trinajstić information content (AvgIpc) is 2.33. The number of nitrogens with one attached hydrogen (secondary N) is 1. The van der Waals surface area contributed by atoms with E-state index in [2.05, 4.69) is 60.2 Å². The number of aryl methyl sites for hydroxylation is 1. The molecule has 2 rings (SSSR count). The lowest BCUT2D eigenvalue weighted by Crippen LogP contribution is -2.24. The summed E-state index contributed by atoms with van der Waals surface area (Å²) >= 11 is 5.40. The fraction of sp³-hybridized carbons (Fsp3) is 0.500. The normalized spacial score (nSPS) is 19.8.